The summed E-state index contributed by atoms with van der Waals surface area (Å²) in [6, 6.07) is 19.7. The van der Waals surface area contributed by atoms with Gasteiger partial charge in [0.15, 0.2) is 11.5 Å². The fourth-order valence-electron chi connectivity index (χ4n) is 2.27. The van der Waals surface area contributed by atoms with E-state index in [9.17, 15) is 9.59 Å². The number of carbonyl (C=O) groups excluding carboxylic acids is 2. The van der Waals surface area contributed by atoms with Gasteiger partial charge in [-0.3, -0.25) is 9.59 Å². The van der Waals surface area contributed by atoms with Gasteiger partial charge in [-0.05, 0) is 36.4 Å². The standard InChI is InChI=1S/C20H18N2O4/c23-19(12-13-21-20(24)18-11-6-14-25-18)22-16-9-4-5-10-17(16)26-15-7-2-1-3-8-15/h1-11,14H,12-13H2,(H,21,24)(H,22,23). The quantitative estimate of drug-likeness (QED) is 0.679. The lowest BCUT2D eigenvalue weighted by molar-refractivity contribution is -0.116. The Balaban J connectivity index is 1.53. The molecular formula is C20H18N2O4. The molecular weight excluding hydrogens is 332 g/mol. The maximum absolute atomic E-state index is 12.1. The van der Waals surface area contributed by atoms with Gasteiger partial charge >= 0.3 is 0 Å². The lowest BCUT2D eigenvalue weighted by Crippen LogP contribution is -2.27. The second kappa shape index (κ2) is 8.53. The van der Waals surface area contributed by atoms with Crippen LogP contribution in [0, 0.1) is 0 Å². The molecule has 0 spiro atoms. The fraction of sp³-hybridized carbons (Fsp3) is 0.100. The molecule has 0 fully saturated rings. The zero-order chi connectivity index (χ0) is 18.2. The normalized spacial score (nSPS) is 10.2. The molecule has 0 aliphatic rings. The molecule has 2 amide bonds. The summed E-state index contributed by atoms with van der Waals surface area (Å²) in [5, 5.41) is 5.43. The Labute approximate surface area is 150 Å². The predicted octanol–water partition coefficient (Wildman–Crippen LogP) is 3.83. The minimum atomic E-state index is -0.351. The lowest BCUT2D eigenvalue weighted by atomic mass is 10.2. The number of anilines is 1. The van der Waals surface area contributed by atoms with E-state index in [1.165, 1.54) is 6.26 Å². The highest BCUT2D eigenvalue weighted by atomic mass is 16.5. The van der Waals surface area contributed by atoms with Gasteiger partial charge in [0, 0.05) is 13.0 Å². The molecule has 6 nitrogen and oxygen atoms in total. The molecule has 3 rings (SSSR count). The number of rotatable bonds is 7. The van der Waals surface area contributed by atoms with E-state index in [0.29, 0.717) is 17.2 Å². The monoisotopic (exact) mass is 350 g/mol. The number of carbonyl (C=O) groups is 2. The third-order valence-corrected chi connectivity index (χ3v) is 3.51. The van der Waals surface area contributed by atoms with Crippen LogP contribution in [-0.4, -0.2) is 18.4 Å². The molecule has 6 heteroatoms. The van der Waals surface area contributed by atoms with Crippen molar-refractivity contribution in [3.8, 4) is 11.5 Å². The maximum Gasteiger partial charge on any atom is 0.286 e. The molecule has 0 unspecified atom stereocenters. The molecule has 0 aliphatic heterocycles. The van der Waals surface area contributed by atoms with Gasteiger partial charge in [-0.25, -0.2) is 0 Å². The van der Waals surface area contributed by atoms with Crippen LogP contribution in [0.4, 0.5) is 5.69 Å². The van der Waals surface area contributed by atoms with Crippen molar-refractivity contribution in [3.63, 3.8) is 0 Å². The average molecular weight is 350 g/mol. The van der Waals surface area contributed by atoms with E-state index in [4.69, 9.17) is 9.15 Å². The predicted molar refractivity (Wildman–Crippen MR) is 97.2 cm³/mol. The summed E-state index contributed by atoms with van der Waals surface area (Å²) in [6.07, 6.45) is 1.55. The van der Waals surface area contributed by atoms with Gasteiger partial charge in [0.25, 0.3) is 5.91 Å². The minimum absolute atomic E-state index is 0.131. The molecule has 0 aliphatic carbocycles. The Morgan fingerprint density at radius 3 is 2.46 bits per heavy atom. The number of amides is 2. The van der Waals surface area contributed by atoms with Crippen molar-refractivity contribution in [2.45, 2.75) is 6.42 Å². The van der Waals surface area contributed by atoms with Crippen molar-refractivity contribution in [1.82, 2.24) is 5.32 Å². The van der Waals surface area contributed by atoms with E-state index in [1.807, 2.05) is 42.5 Å². The minimum Gasteiger partial charge on any atom is -0.459 e. The molecule has 2 N–H and O–H groups in total. The molecule has 0 bridgehead atoms. The fourth-order valence-corrected chi connectivity index (χ4v) is 2.27. The molecule has 1 aromatic heterocycles. The van der Waals surface area contributed by atoms with Crippen molar-refractivity contribution in [1.29, 1.82) is 0 Å². The Hall–Kier alpha value is -3.54. The highest BCUT2D eigenvalue weighted by Gasteiger charge is 2.11. The number of nitrogens with one attached hydrogen (secondary N) is 2. The zero-order valence-corrected chi connectivity index (χ0v) is 14.0. The average Bonchev–Trinajstić information content (AvgIpc) is 3.19. The van der Waals surface area contributed by atoms with Gasteiger partial charge in [-0.2, -0.15) is 0 Å². The Morgan fingerprint density at radius 2 is 1.69 bits per heavy atom. The number of benzene rings is 2. The van der Waals surface area contributed by atoms with Crippen molar-refractivity contribution in [2.24, 2.45) is 0 Å². The van der Waals surface area contributed by atoms with Crippen molar-refractivity contribution in [2.75, 3.05) is 11.9 Å². The van der Waals surface area contributed by atoms with Gasteiger partial charge in [0.2, 0.25) is 5.91 Å². The highest BCUT2D eigenvalue weighted by molar-refractivity contribution is 5.94. The molecule has 0 atom stereocenters. The third kappa shape index (κ3) is 4.73. The topological polar surface area (TPSA) is 80.6 Å². The molecule has 26 heavy (non-hydrogen) atoms. The first-order chi connectivity index (χ1) is 12.7. The van der Waals surface area contributed by atoms with Gasteiger partial charge in [-0.15, -0.1) is 0 Å². The Kier molecular flexibility index (Phi) is 5.67. The Morgan fingerprint density at radius 1 is 0.923 bits per heavy atom. The summed E-state index contributed by atoms with van der Waals surface area (Å²) in [6.45, 7) is 0.201. The number of ether oxygens (including phenoxy) is 1. The first-order valence-corrected chi connectivity index (χ1v) is 8.16. The number of furan rings is 1. The number of hydrogen-bond donors (Lipinski definition) is 2. The summed E-state index contributed by atoms with van der Waals surface area (Å²) in [4.78, 5) is 23.9. The second-order valence-corrected chi connectivity index (χ2v) is 5.44. The Bertz CT molecular complexity index is 861. The van der Waals surface area contributed by atoms with Crippen LogP contribution in [0.5, 0.6) is 11.5 Å². The molecule has 1 heterocycles. The molecule has 132 valence electrons. The maximum atomic E-state index is 12.1. The molecule has 0 saturated carbocycles. The van der Waals surface area contributed by atoms with Gasteiger partial charge in [-0.1, -0.05) is 30.3 Å². The van der Waals surface area contributed by atoms with Crippen LogP contribution in [0.1, 0.15) is 17.0 Å². The van der Waals surface area contributed by atoms with E-state index in [-0.39, 0.29) is 30.5 Å². The van der Waals surface area contributed by atoms with Crippen LogP contribution in [0.2, 0.25) is 0 Å². The summed E-state index contributed by atoms with van der Waals surface area (Å²) < 4.78 is 10.8. The molecule has 0 saturated heterocycles. The SMILES string of the molecule is O=C(CCNC(=O)c1ccco1)Nc1ccccc1Oc1ccccc1. The summed E-state index contributed by atoms with van der Waals surface area (Å²) in [5.74, 6) is 0.864. The molecule has 3 aromatic rings. The van der Waals surface area contributed by atoms with Gasteiger partial charge in [0.1, 0.15) is 5.75 Å². The number of para-hydroxylation sites is 3. The summed E-state index contributed by atoms with van der Waals surface area (Å²) in [7, 11) is 0. The van der Waals surface area contributed by atoms with Gasteiger partial charge in [0.05, 0.1) is 12.0 Å². The van der Waals surface area contributed by atoms with Gasteiger partial charge < -0.3 is 19.8 Å². The molecule has 0 radical (unpaired) electrons. The van der Waals surface area contributed by atoms with Crippen LogP contribution >= 0.6 is 0 Å². The van der Waals surface area contributed by atoms with E-state index >= 15 is 0 Å². The van der Waals surface area contributed by atoms with Crippen molar-refractivity contribution >= 4 is 17.5 Å². The first kappa shape index (κ1) is 17.3. The van der Waals surface area contributed by atoms with Crippen molar-refractivity contribution < 1.29 is 18.7 Å². The zero-order valence-electron chi connectivity index (χ0n) is 14.0. The number of hydrogen-bond acceptors (Lipinski definition) is 4. The van der Waals surface area contributed by atoms with Crippen LogP contribution in [0.15, 0.2) is 77.4 Å². The van der Waals surface area contributed by atoms with Crippen LogP contribution < -0.4 is 15.4 Å². The first-order valence-electron chi connectivity index (χ1n) is 8.16. The van der Waals surface area contributed by atoms with E-state index in [1.54, 1.807) is 24.3 Å². The summed E-state index contributed by atoms with van der Waals surface area (Å²) in [5.41, 5.74) is 0.568. The van der Waals surface area contributed by atoms with Crippen LogP contribution in [-0.2, 0) is 4.79 Å². The van der Waals surface area contributed by atoms with E-state index in [2.05, 4.69) is 10.6 Å². The largest absolute Gasteiger partial charge is 0.459 e. The van der Waals surface area contributed by atoms with E-state index < -0.39 is 0 Å². The van der Waals surface area contributed by atoms with Crippen LogP contribution in [0.3, 0.4) is 0 Å². The highest BCUT2D eigenvalue weighted by Crippen LogP contribution is 2.29. The smallest absolute Gasteiger partial charge is 0.286 e. The second-order valence-electron chi connectivity index (χ2n) is 5.44. The van der Waals surface area contributed by atoms with Crippen LogP contribution in [0.25, 0.3) is 0 Å². The van der Waals surface area contributed by atoms with Crippen molar-refractivity contribution in [3.05, 3.63) is 78.8 Å². The lowest BCUT2D eigenvalue weighted by Gasteiger charge is -2.12. The van der Waals surface area contributed by atoms with E-state index in [0.717, 1.165) is 0 Å². The third-order valence-electron chi connectivity index (χ3n) is 3.51. The summed E-state index contributed by atoms with van der Waals surface area (Å²) >= 11 is 0. The molecule has 2 aromatic carbocycles.